The van der Waals surface area contributed by atoms with Crippen LogP contribution in [0.1, 0.15) is 26.6 Å². The van der Waals surface area contributed by atoms with Crippen molar-refractivity contribution in [3.05, 3.63) is 48.3 Å². The van der Waals surface area contributed by atoms with Gasteiger partial charge in [-0.1, -0.05) is 6.92 Å². The van der Waals surface area contributed by atoms with Crippen molar-refractivity contribution in [3.8, 4) is 40.0 Å². The van der Waals surface area contributed by atoms with Crippen molar-refractivity contribution >= 4 is 0 Å². The lowest BCUT2D eigenvalue weighted by Gasteiger charge is -2.15. The maximum Gasteiger partial charge on any atom is 0.167 e. The minimum atomic E-state index is -0.762. The van der Waals surface area contributed by atoms with E-state index in [0.717, 1.165) is 11.3 Å². The number of hydrogen-bond donors (Lipinski definition) is 2. The molecule has 0 amide bonds. The van der Waals surface area contributed by atoms with Crippen molar-refractivity contribution in [1.29, 1.82) is 0 Å². The number of aryl methyl sites for hydroxylation is 1. The molecule has 0 aliphatic carbocycles. The molecular weight excluding hydrogens is 410 g/mol. The summed E-state index contributed by atoms with van der Waals surface area (Å²) in [5, 5.41) is 20.5. The Morgan fingerprint density at radius 2 is 1.59 bits per heavy atom. The lowest BCUT2D eigenvalue weighted by Crippen LogP contribution is -2.25. The summed E-state index contributed by atoms with van der Waals surface area (Å²) in [6.07, 6.45) is -0.108. The van der Waals surface area contributed by atoms with Gasteiger partial charge in [0.15, 0.2) is 11.6 Å². The Morgan fingerprint density at radius 1 is 0.906 bits per heavy atom. The normalized spacial score (nSPS) is 12.1. The molecule has 1 unspecified atom stereocenters. The highest BCUT2D eigenvalue weighted by Gasteiger charge is 2.14. The molecule has 2 aromatic carbocycles. The number of ether oxygens (including phenoxy) is 3. The third-order valence-electron chi connectivity index (χ3n) is 4.62. The van der Waals surface area contributed by atoms with Crippen LogP contribution in [-0.2, 0) is 11.2 Å². The maximum atomic E-state index is 10.6. The van der Waals surface area contributed by atoms with Crippen LogP contribution in [0.15, 0.2) is 42.5 Å². The van der Waals surface area contributed by atoms with Crippen LogP contribution in [-0.4, -0.2) is 57.7 Å². The number of benzene rings is 2. The summed E-state index contributed by atoms with van der Waals surface area (Å²) >= 11 is 0. The van der Waals surface area contributed by atoms with Crippen molar-refractivity contribution in [2.24, 2.45) is 0 Å². The Morgan fingerprint density at radius 3 is 2.22 bits per heavy atom. The van der Waals surface area contributed by atoms with Crippen LogP contribution >= 0.6 is 0 Å². The standard InChI is InChI=1S/C24H29N3O5/c1-5-22-25-23(16-6-8-18(30-4)9-7-16)27-24(26-22)20-11-10-19(12-21(20)29)32-14-17(28)13-31-15(2)3/h6-12,15,17,28-29H,5,13-14H2,1-4H3. The first kappa shape index (κ1) is 23.4. The SMILES string of the molecule is CCc1nc(-c2ccc(OC)cc2)nc(-c2ccc(OCC(O)COC(C)C)cc2O)n1. The summed E-state index contributed by atoms with van der Waals surface area (Å²) in [6, 6.07) is 12.3. The zero-order valence-corrected chi connectivity index (χ0v) is 18.8. The second-order valence-electron chi connectivity index (χ2n) is 7.51. The first-order valence-electron chi connectivity index (χ1n) is 10.5. The monoisotopic (exact) mass is 439 g/mol. The molecule has 1 aromatic heterocycles. The van der Waals surface area contributed by atoms with E-state index in [2.05, 4.69) is 15.0 Å². The van der Waals surface area contributed by atoms with Gasteiger partial charge in [0.1, 0.15) is 35.8 Å². The number of nitrogens with zero attached hydrogens (tertiary/aromatic N) is 3. The van der Waals surface area contributed by atoms with E-state index in [-0.39, 0.29) is 25.1 Å². The predicted molar refractivity (Wildman–Crippen MR) is 121 cm³/mol. The molecule has 0 saturated carbocycles. The van der Waals surface area contributed by atoms with Crippen molar-refractivity contribution < 1.29 is 24.4 Å². The van der Waals surface area contributed by atoms with Crippen LogP contribution < -0.4 is 9.47 Å². The van der Waals surface area contributed by atoms with E-state index >= 15 is 0 Å². The van der Waals surface area contributed by atoms with Crippen LogP contribution in [0.25, 0.3) is 22.8 Å². The number of phenolic OH excluding ortho intramolecular Hbond substituents is 1. The van der Waals surface area contributed by atoms with Crippen LogP contribution in [0.2, 0.25) is 0 Å². The number of hydrogen-bond acceptors (Lipinski definition) is 8. The van der Waals surface area contributed by atoms with Crippen molar-refractivity contribution in [3.63, 3.8) is 0 Å². The summed E-state index contributed by atoms with van der Waals surface area (Å²) in [7, 11) is 1.61. The average Bonchev–Trinajstić information content (AvgIpc) is 2.81. The molecule has 0 bridgehead atoms. The molecule has 170 valence electrons. The highest BCUT2D eigenvalue weighted by atomic mass is 16.5. The summed E-state index contributed by atoms with van der Waals surface area (Å²) in [5.74, 6) is 2.65. The number of aliphatic hydroxyl groups is 1. The van der Waals surface area contributed by atoms with E-state index in [1.54, 1.807) is 19.2 Å². The minimum absolute atomic E-state index is 0.0237. The third-order valence-corrected chi connectivity index (χ3v) is 4.62. The average molecular weight is 440 g/mol. The molecule has 32 heavy (non-hydrogen) atoms. The summed E-state index contributed by atoms with van der Waals surface area (Å²) in [4.78, 5) is 13.6. The lowest BCUT2D eigenvalue weighted by atomic mass is 10.1. The molecule has 0 radical (unpaired) electrons. The number of rotatable bonds is 10. The molecular formula is C24H29N3O5. The fraction of sp³-hybridized carbons (Fsp3) is 0.375. The molecule has 0 saturated heterocycles. The molecule has 3 rings (SSSR count). The number of aromatic nitrogens is 3. The van der Waals surface area contributed by atoms with Gasteiger partial charge in [0.05, 0.1) is 25.4 Å². The zero-order chi connectivity index (χ0) is 23.1. The van der Waals surface area contributed by atoms with E-state index in [9.17, 15) is 10.2 Å². The maximum absolute atomic E-state index is 10.6. The van der Waals surface area contributed by atoms with Gasteiger partial charge in [-0.05, 0) is 50.2 Å². The molecule has 0 aliphatic heterocycles. The van der Waals surface area contributed by atoms with Gasteiger partial charge in [0.25, 0.3) is 0 Å². The van der Waals surface area contributed by atoms with Gasteiger partial charge in [-0.3, -0.25) is 0 Å². The molecule has 0 fully saturated rings. The fourth-order valence-corrected chi connectivity index (χ4v) is 2.90. The molecule has 8 heteroatoms. The van der Waals surface area contributed by atoms with Crippen molar-refractivity contribution in [2.75, 3.05) is 20.3 Å². The Bertz CT molecular complexity index is 1020. The van der Waals surface area contributed by atoms with Gasteiger partial charge in [-0.15, -0.1) is 0 Å². The van der Waals surface area contributed by atoms with Crippen LogP contribution in [0.4, 0.5) is 0 Å². The molecule has 1 heterocycles. The minimum Gasteiger partial charge on any atom is -0.507 e. The Labute approximate surface area is 187 Å². The number of methoxy groups -OCH3 is 1. The topological polar surface area (TPSA) is 107 Å². The molecule has 0 aliphatic rings. The molecule has 3 aromatic rings. The number of aliphatic hydroxyl groups excluding tert-OH is 1. The number of aromatic hydroxyl groups is 1. The van der Waals surface area contributed by atoms with Gasteiger partial charge < -0.3 is 24.4 Å². The predicted octanol–water partition coefficient (Wildman–Crippen LogP) is 3.65. The third kappa shape index (κ3) is 6.15. The van der Waals surface area contributed by atoms with Crippen LogP contribution in [0.3, 0.4) is 0 Å². The largest absolute Gasteiger partial charge is 0.507 e. The highest BCUT2D eigenvalue weighted by Crippen LogP contribution is 2.31. The Balaban J connectivity index is 1.81. The molecule has 1 atom stereocenters. The summed E-state index contributed by atoms with van der Waals surface area (Å²) < 4.78 is 16.2. The van der Waals surface area contributed by atoms with E-state index in [0.29, 0.717) is 35.2 Å². The summed E-state index contributed by atoms with van der Waals surface area (Å²) in [5.41, 5.74) is 1.29. The van der Waals surface area contributed by atoms with Crippen LogP contribution in [0.5, 0.6) is 17.2 Å². The van der Waals surface area contributed by atoms with E-state index in [1.807, 2.05) is 45.0 Å². The number of phenols is 1. The van der Waals surface area contributed by atoms with Gasteiger partial charge in [-0.25, -0.2) is 15.0 Å². The van der Waals surface area contributed by atoms with E-state index in [1.165, 1.54) is 6.07 Å². The van der Waals surface area contributed by atoms with Crippen LogP contribution in [0, 0.1) is 0 Å². The van der Waals surface area contributed by atoms with E-state index < -0.39 is 6.10 Å². The molecule has 2 N–H and O–H groups in total. The zero-order valence-electron chi connectivity index (χ0n) is 18.8. The highest BCUT2D eigenvalue weighted by molar-refractivity contribution is 5.67. The van der Waals surface area contributed by atoms with Gasteiger partial charge >= 0.3 is 0 Å². The van der Waals surface area contributed by atoms with Gasteiger partial charge in [0.2, 0.25) is 0 Å². The smallest absolute Gasteiger partial charge is 0.167 e. The Kier molecular flexibility index (Phi) is 7.97. The second-order valence-corrected chi connectivity index (χ2v) is 7.51. The van der Waals surface area contributed by atoms with Crippen molar-refractivity contribution in [2.45, 2.75) is 39.4 Å². The van der Waals surface area contributed by atoms with E-state index in [4.69, 9.17) is 14.2 Å². The van der Waals surface area contributed by atoms with Gasteiger partial charge in [0, 0.05) is 18.1 Å². The molecule has 0 spiro atoms. The first-order chi connectivity index (χ1) is 15.4. The lowest BCUT2D eigenvalue weighted by molar-refractivity contribution is -0.0123. The fourth-order valence-electron chi connectivity index (χ4n) is 2.90. The van der Waals surface area contributed by atoms with Gasteiger partial charge in [-0.2, -0.15) is 0 Å². The second kappa shape index (κ2) is 10.9. The quantitative estimate of drug-likeness (QED) is 0.493. The van der Waals surface area contributed by atoms with Crippen molar-refractivity contribution in [1.82, 2.24) is 15.0 Å². The molecule has 8 nitrogen and oxygen atoms in total. The first-order valence-corrected chi connectivity index (χ1v) is 10.5. The Hall–Kier alpha value is -3.23. The summed E-state index contributed by atoms with van der Waals surface area (Å²) in [6.45, 7) is 5.99.